The Morgan fingerprint density at radius 2 is 2.14 bits per heavy atom. The summed E-state index contributed by atoms with van der Waals surface area (Å²) in [7, 11) is 0. The zero-order chi connectivity index (χ0) is 15.5. The number of carbonyl (C=O) groups is 1. The number of hydrogen-bond donors (Lipinski definition) is 2. The van der Waals surface area contributed by atoms with Crippen LogP contribution in [0.25, 0.3) is 0 Å². The highest BCUT2D eigenvalue weighted by molar-refractivity contribution is 9.10. The number of benzene rings is 1. The van der Waals surface area contributed by atoms with E-state index in [0.717, 1.165) is 29.4 Å². The van der Waals surface area contributed by atoms with E-state index < -0.39 is 5.60 Å². The van der Waals surface area contributed by atoms with Crippen molar-refractivity contribution in [1.29, 1.82) is 0 Å². The highest BCUT2D eigenvalue weighted by Crippen LogP contribution is 2.20. The quantitative estimate of drug-likeness (QED) is 0.873. The lowest BCUT2D eigenvalue weighted by Crippen LogP contribution is -2.49. The van der Waals surface area contributed by atoms with Crippen LogP contribution in [0.2, 0.25) is 0 Å². The lowest BCUT2D eigenvalue weighted by molar-refractivity contribution is -0.124. The Bertz CT molecular complexity index is 488. The highest BCUT2D eigenvalue weighted by atomic mass is 79.9. The molecule has 2 rings (SSSR count). The first-order chi connectivity index (χ1) is 9.85. The van der Waals surface area contributed by atoms with E-state index in [2.05, 4.69) is 21.2 Å². The molecule has 1 aliphatic rings. The first kappa shape index (κ1) is 16.5. The number of piperidine rings is 1. The van der Waals surface area contributed by atoms with E-state index in [1.54, 1.807) is 0 Å². The molecule has 0 saturated carbocycles. The van der Waals surface area contributed by atoms with Gasteiger partial charge in [-0.1, -0.05) is 28.1 Å². The number of aliphatic hydroxyl groups is 1. The first-order valence-corrected chi connectivity index (χ1v) is 8.15. The Kier molecular flexibility index (Phi) is 5.41. The predicted molar refractivity (Wildman–Crippen MR) is 87.0 cm³/mol. The molecule has 1 aliphatic heterocycles. The van der Waals surface area contributed by atoms with Crippen molar-refractivity contribution in [1.82, 2.24) is 10.2 Å². The maximum Gasteiger partial charge on any atom is 0.234 e. The Balaban J connectivity index is 1.85. The largest absolute Gasteiger partial charge is 0.389 e. The van der Waals surface area contributed by atoms with Crippen LogP contribution < -0.4 is 5.32 Å². The van der Waals surface area contributed by atoms with E-state index in [1.165, 1.54) is 0 Å². The molecule has 4 nitrogen and oxygen atoms in total. The Hall–Kier alpha value is -0.910. The van der Waals surface area contributed by atoms with Crippen LogP contribution in [0.15, 0.2) is 28.7 Å². The van der Waals surface area contributed by atoms with E-state index in [1.807, 2.05) is 43.0 Å². The van der Waals surface area contributed by atoms with Crippen molar-refractivity contribution in [3.8, 4) is 0 Å². The summed E-state index contributed by atoms with van der Waals surface area (Å²) >= 11 is 3.40. The van der Waals surface area contributed by atoms with Crippen molar-refractivity contribution >= 4 is 21.8 Å². The van der Waals surface area contributed by atoms with Gasteiger partial charge in [0.1, 0.15) is 0 Å². The lowest BCUT2D eigenvalue weighted by atomic mass is 9.95. The fourth-order valence-corrected chi connectivity index (χ4v) is 3.05. The van der Waals surface area contributed by atoms with Gasteiger partial charge in [0.25, 0.3) is 0 Å². The standard InChI is InChI=1S/C16H23BrN2O2/c1-12(13-4-6-14(17)7-5-13)18-15(20)10-19-9-3-8-16(2,21)11-19/h4-7,12,21H,3,8-11H2,1-2H3,(H,18,20). The molecule has 21 heavy (non-hydrogen) atoms. The van der Waals surface area contributed by atoms with Crippen LogP contribution in [0, 0.1) is 0 Å². The average Bonchev–Trinajstić information content (AvgIpc) is 2.37. The first-order valence-electron chi connectivity index (χ1n) is 7.35. The van der Waals surface area contributed by atoms with E-state index in [0.29, 0.717) is 13.1 Å². The van der Waals surface area contributed by atoms with Gasteiger partial charge < -0.3 is 10.4 Å². The second-order valence-electron chi connectivity index (χ2n) is 6.15. The van der Waals surface area contributed by atoms with Crippen LogP contribution in [0.4, 0.5) is 0 Å². The average molecular weight is 355 g/mol. The summed E-state index contributed by atoms with van der Waals surface area (Å²) < 4.78 is 1.03. The molecule has 1 fully saturated rings. The van der Waals surface area contributed by atoms with Crippen LogP contribution >= 0.6 is 15.9 Å². The third-order valence-electron chi connectivity index (χ3n) is 3.87. The second-order valence-corrected chi connectivity index (χ2v) is 7.07. The molecular weight excluding hydrogens is 332 g/mol. The molecule has 0 aliphatic carbocycles. The zero-order valence-electron chi connectivity index (χ0n) is 12.6. The van der Waals surface area contributed by atoms with Gasteiger partial charge in [-0.05, 0) is 50.9 Å². The number of carbonyl (C=O) groups excluding carboxylic acids is 1. The van der Waals surface area contributed by atoms with Crippen molar-refractivity contribution in [2.75, 3.05) is 19.6 Å². The summed E-state index contributed by atoms with van der Waals surface area (Å²) in [5.41, 5.74) is 0.410. The molecule has 2 N–H and O–H groups in total. The van der Waals surface area contributed by atoms with Crippen LogP contribution in [0.1, 0.15) is 38.3 Å². The van der Waals surface area contributed by atoms with E-state index in [-0.39, 0.29) is 11.9 Å². The molecule has 0 bridgehead atoms. The maximum atomic E-state index is 12.1. The predicted octanol–water partition coefficient (Wildman–Crippen LogP) is 2.47. The summed E-state index contributed by atoms with van der Waals surface area (Å²) in [6.07, 6.45) is 1.74. The molecule has 5 heteroatoms. The summed E-state index contributed by atoms with van der Waals surface area (Å²) in [4.78, 5) is 14.2. The molecule has 1 aromatic rings. The minimum absolute atomic E-state index is 0.00289. The monoisotopic (exact) mass is 354 g/mol. The van der Waals surface area contributed by atoms with Gasteiger partial charge in [0.15, 0.2) is 0 Å². The molecule has 0 radical (unpaired) electrons. The zero-order valence-corrected chi connectivity index (χ0v) is 14.2. The highest BCUT2D eigenvalue weighted by Gasteiger charge is 2.29. The molecule has 116 valence electrons. The number of nitrogens with zero attached hydrogens (tertiary/aromatic N) is 1. The van der Waals surface area contributed by atoms with Gasteiger partial charge >= 0.3 is 0 Å². The Morgan fingerprint density at radius 3 is 2.76 bits per heavy atom. The number of nitrogens with one attached hydrogen (secondary N) is 1. The smallest absolute Gasteiger partial charge is 0.234 e. The Labute approximate surface area is 134 Å². The van der Waals surface area contributed by atoms with Crippen molar-refractivity contribution in [2.45, 2.75) is 38.3 Å². The normalized spacial score (nSPS) is 24.6. The molecule has 2 unspecified atom stereocenters. The number of hydrogen-bond acceptors (Lipinski definition) is 3. The van der Waals surface area contributed by atoms with Crippen molar-refractivity contribution in [2.24, 2.45) is 0 Å². The molecule has 0 aromatic heterocycles. The van der Waals surface area contributed by atoms with E-state index in [4.69, 9.17) is 0 Å². The van der Waals surface area contributed by atoms with Gasteiger partial charge in [-0.2, -0.15) is 0 Å². The van der Waals surface area contributed by atoms with Crippen LogP contribution in [0.5, 0.6) is 0 Å². The molecule has 1 saturated heterocycles. The number of rotatable bonds is 4. The lowest BCUT2D eigenvalue weighted by Gasteiger charge is -2.36. The van der Waals surface area contributed by atoms with Crippen molar-refractivity contribution in [3.05, 3.63) is 34.3 Å². The molecule has 1 heterocycles. The van der Waals surface area contributed by atoms with Gasteiger partial charge in [-0.3, -0.25) is 9.69 Å². The van der Waals surface area contributed by atoms with Gasteiger partial charge in [0.2, 0.25) is 5.91 Å². The summed E-state index contributed by atoms with van der Waals surface area (Å²) in [6, 6.07) is 7.93. The van der Waals surface area contributed by atoms with Gasteiger partial charge in [-0.15, -0.1) is 0 Å². The number of likely N-dealkylation sites (tertiary alicyclic amines) is 1. The third-order valence-corrected chi connectivity index (χ3v) is 4.40. The molecule has 2 atom stereocenters. The van der Waals surface area contributed by atoms with Crippen molar-refractivity contribution < 1.29 is 9.90 Å². The van der Waals surface area contributed by atoms with E-state index in [9.17, 15) is 9.90 Å². The second kappa shape index (κ2) is 6.90. The minimum atomic E-state index is -0.671. The van der Waals surface area contributed by atoms with Crippen LogP contribution in [0.3, 0.4) is 0 Å². The molecule has 0 spiro atoms. The Morgan fingerprint density at radius 1 is 1.48 bits per heavy atom. The van der Waals surface area contributed by atoms with Crippen LogP contribution in [-0.2, 0) is 4.79 Å². The molecule has 1 amide bonds. The summed E-state index contributed by atoms with van der Waals surface area (Å²) in [5, 5.41) is 13.1. The fourth-order valence-electron chi connectivity index (χ4n) is 2.78. The summed E-state index contributed by atoms with van der Waals surface area (Å²) in [6.45, 7) is 5.59. The SMILES string of the molecule is CC(NC(=O)CN1CCCC(C)(O)C1)c1ccc(Br)cc1. The number of β-amino-alcohol motifs (C(OH)–C–C–N with tert-alkyl or cyclic N) is 1. The van der Waals surface area contributed by atoms with Gasteiger partial charge in [0, 0.05) is 11.0 Å². The van der Waals surface area contributed by atoms with Crippen molar-refractivity contribution in [3.63, 3.8) is 0 Å². The maximum absolute atomic E-state index is 12.1. The third kappa shape index (κ3) is 5.09. The van der Waals surface area contributed by atoms with Crippen LogP contribution in [-0.4, -0.2) is 41.1 Å². The molecular formula is C16H23BrN2O2. The minimum Gasteiger partial charge on any atom is -0.389 e. The van der Waals surface area contributed by atoms with Gasteiger partial charge in [-0.25, -0.2) is 0 Å². The number of amides is 1. The van der Waals surface area contributed by atoms with E-state index >= 15 is 0 Å². The fraction of sp³-hybridized carbons (Fsp3) is 0.562. The topological polar surface area (TPSA) is 52.6 Å². The number of halogens is 1. The molecule has 1 aromatic carbocycles. The summed E-state index contributed by atoms with van der Waals surface area (Å²) in [5.74, 6) is 0.00289. The van der Waals surface area contributed by atoms with Gasteiger partial charge in [0.05, 0.1) is 18.2 Å².